The molecule has 1 aromatic carbocycles. The Morgan fingerprint density at radius 2 is 1.78 bits per heavy atom. The second-order valence-electron chi connectivity index (χ2n) is 6.21. The molecule has 1 saturated heterocycles. The summed E-state index contributed by atoms with van der Waals surface area (Å²) < 4.78 is 1.07. The van der Waals surface area contributed by atoms with Gasteiger partial charge in [-0.3, -0.25) is 4.79 Å². The van der Waals surface area contributed by atoms with Crippen molar-refractivity contribution in [2.75, 3.05) is 40.3 Å². The monoisotopic (exact) mass is 403 g/mol. The highest BCUT2D eigenvalue weighted by Crippen LogP contribution is 2.18. The Morgan fingerprint density at radius 1 is 1.17 bits per heavy atom. The molecule has 23 heavy (non-hydrogen) atoms. The Hall–Kier alpha value is -0.620. The topological polar surface area (TPSA) is 35.6 Å². The summed E-state index contributed by atoms with van der Waals surface area (Å²) in [7, 11) is 4.10. The van der Waals surface area contributed by atoms with Crippen LogP contribution in [0.4, 0.5) is 0 Å². The minimum atomic E-state index is 0. The lowest BCUT2D eigenvalue weighted by Gasteiger charge is -2.30. The molecular weight excluding hydrogens is 378 g/mol. The minimum absolute atomic E-state index is 0. The molecule has 130 valence electrons. The quantitative estimate of drug-likeness (QED) is 0.792. The lowest BCUT2D eigenvalue weighted by atomic mass is 9.96. The first-order valence-electron chi connectivity index (χ1n) is 7.95. The van der Waals surface area contributed by atoms with Crippen molar-refractivity contribution in [3.63, 3.8) is 0 Å². The van der Waals surface area contributed by atoms with Crippen molar-refractivity contribution in [1.29, 1.82) is 0 Å². The SMILES string of the molecule is CN(C)CCN(Cc1ccc(Br)cc1)C(=O)C1CCNCC1.Cl. The summed E-state index contributed by atoms with van der Waals surface area (Å²) in [5.74, 6) is 0.491. The molecule has 0 aliphatic carbocycles. The van der Waals surface area contributed by atoms with Crippen LogP contribution in [0.15, 0.2) is 28.7 Å². The van der Waals surface area contributed by atoms with Gasteiger partial charge in [-0.15, -0.1) is 12.4 Å². The summed E-state index contributed by atoms with van der Waals surface area (Å²) in [6.45, 7) is 4.29. The zero-order valence-corrected chi connectivity index (χ0v) is 16.3. The van der Waals surface area contributed by atoms with Crippen LogP contribution in [0.1, 0.15) is 18.4 Å². The lowest BCUT2D eigenvalue weighted by molar-refractivity contribution is -0.137. The summed E-state index contributed by atoms with van der Waals surface area (Å²) in [6, 6.07) is 8.24. The maximum atomic E-state index is 12.9. The van der Waals surface area contributed by atoms with Crippen LogP contribution >= 0.6 is 28.3 Å². The van der Waals surface area contributed by atoms with Crippen molar-refractivity contribution < 1.29 is 4.79 Å². The Morgan fingerprint density at radius 3 is 2.35 bits per heavy atom. The zero-order chi connectivity index (χ0) is 15.9. The van der Waals surface area contributed by atoms with Crippen molar-refractivity contribution in [2.24, 2.45) is 5.92 Å². The number of carbonyl (C=O) groups excluding carboxylic acids is 1. The summed E-state index contributed by atoms with van der Waals surface area (Å²) >= 11 is 3.46. The molecule has 1 N–H and O–H groups in total. The van der Waals surface area contributed by atoms with E-state index in [0.717, 1.165) is 43.5 Å². The van der Waals surface area contributed by atoms with E-state index in [1.165, 1.54) is 5.56 Å². The summed E-state index contributed by atoms with van der Waals surface area (Å²) in [5.41, 5.74) is 1.18. The van der Waals surface area contributed by atoms with Gasteiger partial charge in [0.05, 0.1) is 0 Å². The van der Waals surface area contributed by atoms with Crippen molar-refractivity contribution in [3.8, 4) is 0 Å². The van der Waals surface area contributed by atoms with Gasteiger partial charge in [-0.1, -0.05) is 28.1 Å². The number of nitrogens with one attached hydrogen (secondary N) is 1. The van der Waals surface area contributed by atoms with Gasteiger partial charge < -0.3 is 15.1 Å². The Balaban J connectivity index is 0.00000264. The highest BCUT2D eigenvalue weighted by atomic mass is 79.9. The zero-order valence-electron chi connectivity index (χ0n) is 13.9. The van der Waals surface area contributed by atoms with Crippen LogP contribution in [0.2, 0.25) is 0 Å². The van der Waals surface area contributed by atoms with Crippen LogP contribution in [0.25, 0.3) is 0 Å². The molecular formula is C17H27BrClN3O. The number of carbonyl (C=O) groups is 1. The Kier molecular flexibility index (Phi) is 9.14. The average Bonchev–Trinajstić information content (AvgIpc) is 2.53. The van der Waals surface area contributed by atoms with E-state index in [4.69, 9.17) is 0 Å². The van der Waals surface area contributed by atoms with Crippen molar-refractivity contribution >= 4 is 34.2 Å². The van der Waals surface area contributed by atoms with E-state index in [9.17, 15) is 4.79 Å². The molecule has 1 fully saturated rings. The smallest absolute Gasteiger partial charge is 0.226 e. The lowest BCUT2D eigenvalue weighted by Crippen LogP contribution is -2.43. The molecule has 4 nitrogen and oxygen atoms in total. The van der Waals surface area contributed by atoms with E-state index in [2.05, 4.69) is 38.3 Å². The first-order valence-corrected chi connectivity index (χ1v) is 8.74. The molecule has 1 aliphatic rings. The van der Waals surface area contributed by atoms with E-state index >= 15 is 0 Å². The van der Waals surface area contributed by atoms with E-state index in [-0.39, 0.29) is 18.3 Å². The molecule has 1 amide bonds. The molecule has 0 saturated carbocycles. The fourth-order valence-electron chi connectivity index (χ4n) is 2.73. The van der Waals surface area contributed by atoms with Crippen molar-refractivity contribution in [1.82, 2.24) is 15.1 Å². The van der Waals surface area contributed by atoms with E-state index in [1.54, 1.807) is 0 Å². The fraction of sp³-hybridized carbons (Fsp3) is 0.588. The van der Waals surface area contributed by atoms with Gasteiger partial charge in [-0.05, 0) is 57.7 Å². The number of hydrogen-bond acceptors (Lipinski definition) is 3. The van der Waals surface area contributed by atoms with Crippen LogP contribution < -0.4 is 5.32 Å². The molecule has 0 radical (unpaired) electrons. The third kappa shape index (κ3) is 6.79. The third-order valence-electron chi connectivity index (χ3n) is 4.10. The molecule has 0 spiro atoms. The molecule has 2 rings (SSSR count). The van der Waals surface area contributed by atoms with Crippen molar-refractivity contribution in [3.05, 3.63) is 34.3 Å². The van der Waals surface area contributed by atoms with Gasteiger partial charge in [0, 0.05) is 30.0 Å². The van der Waals surface area contributed by atoms with Gasteiger partial charge in [-0.2, -0.15) is 0 Å². The predicted molar refractivity (Wildman–Crippen MR) is 101 cm³/mol. The minimum Gasteiger partial charge on any atom is -0.337 e. The maximum absolute atomic E-state index is 12.9. The third-order valence-corrected chi connectivity index (χ3v) is 4.63. The standard InChI is InChI=1S/C17H26BrN3O.ClH/c1-20(2)11-12-21(13-14-3-5-16(18)6-4-14)17(22)15-7-9-19-10-8-15;/h3-6,15,19H,7-13H2,1-2H3;1H. The van der Waals surface area contributed by atoms with Crippen molar-refractivity contribution in [2.45, 2.75) is 19.4 Å². The van der Waals surface area contributed by atoms with E-state index in [1.807, 2.05) is 31.1 Å². The summed E-state index contributed by atoms with van der Waals surface area (Å²) in [4.78, 5) is 17.0. The number of benzene rings is 1. The predicted octanol–water partition coefficient (Wildman–Crippen LogP) is 2.76. The number of amides is 1. The van der Waals surface area contributed by atoms with Gasteiger partial charge in [-0.25, -0.2) is 0 Å². The number of piperidine rings is 1. The molecule has 0 aromatic heterocycles. The van der Waals surface area contributed by atoms with Gasteiger partial charge >= 0.3 is 0 Å². The summed E-state index contributed by atoms with van der Waals surface area (Å²) in [5, 5.41) is 3.33. The van der Waals surface area contributed by atoms with Crippen LogP contribution in [0, 0.1) is 5.92 Å². The molecule has 6 heteroatoms. The molecule has 0 unspecified atom stereocenters. The Labute approximate surface area is 154 Å². The Bertz CT molecular complexity index is 475. The molecule has 1 aromatic rings. The van der Waals surface area contributed by atoms with Crippen LogP contribution in [0.5, 0.6) is 0 Å². The number of hydrogen-bond donors (Lipinski definition) is 1. The maximum Gasteiger partial charge on any atom is 0.226 e. The molecule has 0 atom stereocenters. The van der Waals surface area contributed by atoms with Gasteiger partial charge in [0.2, 0.25) is 5.91 Å². The van der Waals surface area contributed by atoms with E-state index < -0.39 is 0 Å². The highest BCUT2D eigenvalue weighted by Gasteiger charge is 2.25. The van der Waals surface area contributed by atoms with Crippen LogP contribution in [-0.4, -0.2) is 56.0 Å². The van der Waals surface area contributed by atoms with Crippen LogP contribution in [0.3, 0.4) is 0 Å². The van der Waals surface area contributed by atoms with Crippen LogP contribution in [-0.2, 0) is 11.3 Å². The molecule has 1 heterocycles. The molecule has 1 aliphatic heterocycles. The first kappa shape index (κ1) is 20.4. The summed E-state index contributed by atoms with van der Waals surface area (Å²) in [6.07, 6.45) is 1.91. The second kappa shape index (κ2) is 10.3. The number of rotatable bonds is 6. The van der Waals surface area contributed by atoms with Gasteiger partial charge in [0.15, 0.2) is 0 Å². The highest BCUT2D eigenvalue weighted by molar-refractivity contribution is 9.10. The normalized spacial score (nSPS) is 15.3. The molecule has 0 bridgehead atoms. The van der Waals surface area contributed by atoms with E-state index in [0.29, 0.717) is 12.5 Å². The van der Waals surface area contributed by atoms with Gasteiger partial charge in [0.1, 0.15) is 0 Å². The van der Waals surface area contributed by atoms with Gasteiger partial charge in [0.25, 0.3) is 0 Å². The average molecular weight is 405 g/mol. The number of nitrogens with zero attached hydrogens (tertiary/aromatic N) is 2. The second-order valence-corrected chi connectivity index (χ2v) is 7.13. The first-order chi connectivity index (χ1) is 10.6. The largest absolute Gasteiger partial charge is 0.337 e. The number of likely N-dealkylation sites (N-methyl/N-ethyl adjacent to an activating group) is 1. The number of halogens is 2. The fourth-order valence-corrected chi connectivity index (χ4v) is 2.99.